The first-order valence-corrected chi connectivity index (χ1v) is 13.1. The number of amides is 3. The van der Waals surface area contributed by atoms with Gasteiger partial charge in [-0.25, -0.2) is 5.06 Å². The van der Waals surface area contributed by atoms with Crippen molar-refractivity contribution in [1.82, 2.24) is 15.7 Å². The zero-order valence-corrected chi connectivity index (χ0v) is 22.3. The predicted molar refractivity (Wildman–Crippen MR) is 139 cm³/mol. The molecule has 3 atom stereocenters. The van der Waals surface area contributed by atoms with Gasteiger partial charge in [-0.2, -0.15) is 0 Å². The van der Waals surface area contributed by atoms with Crippen molar-refractivity contribution in [3.63, 3.8) is 0 Å². The molecule has 0 saturated carbocycles. The number of hydroxylamine groups is 2. The van der Waals surface area contributed by atoms with Crippen LogP contribution >= 0.6 is 0 Å². The molecule has 0 fully saturated rings. The molecule has 1 aromatic carbocycles. The largest absolute Gasteiger partial charge is 0.494 e. The number of carbonyl (C=O) groups excluding carboxylic acids is 3. The molecule has 3 amide bonds. The van der Waals surface area contributed by atoms with E-state index in [-0.39, 0.29) is 19.0 Å². The smallest absolute Gasteiger partial charge is 0.307 e. The number of carboxylic acid groups (broad SMARTS) is 1. The van der Waals surface area contributed by atoms with Gasteiger partial charge >= 0.3 is 5.97 Å². The maximum Gasteiger partial charge on any atom is 0.307 e. The number of carbonyl (C=O) groups is 4. The maximum atomic E-state index is 12.9. The Hall–Kier alpha value is -3.60. The molecule has 2 rings (SSSR count). The lowest BCUT2D eigenvalue weighted by Gasteiger charge is -2.29. The van der Waals surface area contributed by atoms with Crippen LogP contribution in [-0.2, 0) is 30.3 Å². The molecule has 3 unspecified atom stereocenters. The summed E-state index contributed by atoms with van der Waals surface area (Å²) in [6.45, 7) is 5.93. The number of aliphatic carboxylic acids is 1. The van der Waals surface area contributed by atoms with Crippen molar-refractivity contribution in [2.45, 2.75) is 77.9 Å². The quantitative estimate of drug-likeness (QED) is 0.0784. The molecule has 1 aliphatic rings. The third kappa shape index (κ3) is 9.05. The van der Waals surface area contributed by atoms with Crippen LogP contribution in [0.25, 0.3) is 5.76 Å². The Morgan fingerprint density at radius 2 is 1.95 bits per heavy atom. The van der Waals surface area contributed by atoms with Crippen molar-refractivity contribution >= 4 is 30.0 Å². The third-order valence-electron chi connectivity index (χ3n) is 6.31. The second-order valence-electron chi connectivity index (χ2n) is 9.10. The Bertz CT molecular complexity index is 997. The fourth-order valence-electron chi connectivity index (χ4n) is 4.45. The van der Waals surface area contributed by atoms with Gasteiger partial charge in [0, 0.05) is 12.0 Å². The molecule has 0 aliphatic carbocycles. The highest BCUT2D eigenvalue weighted by atomic mass is 16.5. The van der Waals surface area contributed by atoms with Crippen LogP contribution < -0.4 is 15.4 Å². The van der Waals surface area contributed by atoms with E-state index in [1.165, 1.54) is 0 Å². The van der Waals surface area contributed by atoms with Gasteiger partial charge in [0.1, 0.15) is 11.5 Å². The lowest BCUT2D eigenvalue weighted by Crippen LogP contribution is -2.48. The number of rotatable bonds is 17. The van der Waals surface area contributed by atoms with Crippen molar-refractivity contribution < 1.29 is 39.0 Å². The van der Waals surface area contributed by atoms with Gasteiger partial charge in [-0.3, -0.25) is 24.4 Å². The standard InChI is InChI=1S/C27H39N3O8/c1-4-7-8-9-21(22(5-2)30(36)17-31)26(34)28-16-29-27(35)24-11-10-23(38-24)19-12-18(14-25(32)33)13-20(15-19)37-6-3/h10,12-13,15,17,21-22,24,36H,4-9,11,14,16H2,1-3H3,(H,28,34)(H,29,35)(H,32,33). The summed E-state index contributed by atoms with van der Waals surface area (Å²) in [6, 6.07) is 4.42. The molecule has 1 heterocycles. The Balaban J connectivity index is 1.96. The molecule has 210 valence electrons. The van der Waals surface area contributed by atoms with Gasteiger partial charge in [-0.05, 0) is 49.6 Å². The SMILES string of the molecule is CCCCCC(C(=O)NCNC(=O)C1CC=C(c2cc(CC(=O)O)cc(OCC)c2)O1)C(CC)N(O)C=O. The molecule has 4 N–H and O–H groups in total. The average Bonchev–Trinajstić information content (AvgIpc) is 3.38. The number of hydrogen-bond donors (Lipinski definition) is 4. The first-order valence-electron chi connectivity index (χ1n) is 13.1. The first kappa shape index (κ1) is 30.6. The van der Waals surface area contributed by atoms with Gasteiger partial charge in [0.25, 0.3) is 5.91 Å². The Kier molecular flexibility index (Phi) is 12.6. The van der Waals surface area contributed by atoms with Crippen molar-refractivity contribution in [2.75, 3.05) is 13.3 Å². The van der Waals surface area contributed by atoms with Gasteiger partial charge < -0.3 is 25.2 Å². The van der Waals surface area contributed by atoms with Crippen LogP contribution in [-0.4, -0.2) is 65.0 Å². The number of unbranched alkanes of at least 4 members (excludes halogenated alkanes) is 2. The number of ether oxygens (including phenoxy) is 2. The summed E-state index contributed by atoms with van der Waals surface area (Å²) in [7, 11) is 0. The number of benzene rings is 1. The van der Waals surface area contributed by atoms with Crippen LogP contribution in [0.5, 0.6) is 5.75 Å². The Labute approximate surface area is 223 Å². The van der Waals surface area contributed by atoms with Crippen LogP contribution in [0.2, 0.25) is 0 Å². The lowest BCUT2D eigenvalue weighted by molar-refractivity contribution is -0.168. The molecule has 11 heteroatoms. The molecule has 1 aromatic rings. The Morgan fingerprint density at radius 1 is 1.18 bits per heavy atom. The summed E-state index contributed by atoms with van der Waals surface area (Å²) in [4.78, 5) is 47.8. The van der Waals surface area contributed by atoms with Crippen molar-refractivity contribution in [2.24, 2.45) is 5.92 Å². The second-order valence-corrected chi connectivity index (χ2v) is 9.10. The maximum absolute atomic E-state index is 12.9. The van der Waals surface area contributed by atoms with Gasteiger partial charge in [0.2, 0.25) is 12.3 Å². The van der Waals surface area contributed by atoms with E-state index in [0.29, 0.717) is 60.0 Å². The molecule has 1 aliphatic heterocycles. The van der Waals surface area contributed by atoms with Gasteiger partial charge in [0.05, 0.1) is 31.7 Å². The molecular formula is C27H39N3O8. The van der Waals surface area contributed by atoms with Crippen LogP contribution in [0.15, 0.2) is 24.3 Å². The monoisotopic (exact) mass is 533 g/mol. The van der Waals surface area contributed by atoms with E-state index >= 15 is 0 Å². The number of hydrogen-bond acceptors (Lipinski definition) is 7. The predicted octanol–water partition coefficient (Wildman–Crippen LogP) is 2.85. The van der Waals surface area contributed by atoms with E-state index in [2.05, 4.69) is 10.6 Å². The summed E-state index contributed by atoms with van der Waals surface area (Å²) < 4.78 is 11.4. The summed E-state index contributed by atoms with van der Waals surface area (Å²) in [5.41, 5.74) is 1.16. The highest BCUT2D eigenvalue weighted by molar-refractivity contribution is 5.85. The van der Waals surface area contributed by atoms with E-state index in [0.717, 1.165) is 19.3 Å². The van der Waals surface area contributed by atoms with Crippen LogP contribution in [0, 0.1) is 5.92 Å². The van der Waals surface area contributed by atoms with E-state index in [9.17, 15) is 24.4 Å². The minimum absolute atomic E-state index is 0.136. The Morgan fingerprint density at radius 3 is 2.58 bits per heavy atom. The fraction of sp³-hybridized carbons (Fsp3) is 0.556. The van der Waals surface area contributed by atoms with Crippen molar-refractivity contribution in [3.8, 4) is 5.75 Å². The summed E-state index contributed by atoms with van der Waals surface area (Å²) in [5.74, 6) is -1.42. The number of nitrogens with zero attached hydrogens (tertiary/aromatic N) is 1. The number of nitrogens with one attached hydrogen (secondary N) is 2. The van der Waals surface area contributed by atoms with Crippen molar-refractivity contribution in [3.05, 3.63) is 35.4 Å². The van der Waals surface area contributed by atoms with Gasteiger partial charge in [-0.1, -0.05) is 33.1 Å². The van der Waals surface area contributed by atoms with Crippen molar-refractivity contribution in [1.29, 1.82) is 0 Å². The third-order valence-corrected chi connectivity index (χ3v) is 6.31. The molecule has 0 bridgehead atoms. The average molecular weight is 534 g/mol. The topological polar surface area (TPSA) is 154 Å². The normalized spacial score (nSPS) is 16.0. The molecule has 38 heavy (non-hydrogen) atoms. The van der Waals surface area contributed by atoms with E-state index in [4.69, 9.17) is 14.6 Å². The fourth-order valence-corrected chi connectivity index (χ4v) is 4.45. The first-order chi connectivity index (χ1) is 18.2. The van der Waals surface area contributed by atoms with Gasteiger partial charge in [0.15, 0.2) is 6.10 Å². The van der Waals surface area contributed by atoms with E-state index < -0.39 is 29.9 Å². The molecule has 11 nitrogen and oxygen atoms in total. The lowest BCUT2D eigenvalue weighted by atomic mass is 9.90. The summed E-state index contributed by atoms with van der Waals surface area (Å²) >= 11 is 0. The van der Waals surface area contributed by atoms with E-state index in [1.54, 1.807) is 31.2 Å². The minimum Gasteiger partial charge on any atom is -0.494 e. The molecule has 0 aromatic heterocycles. The second kappa shape index (κ2) is 15.6. The molecule has 0 spiro atoms. The van der Waals surface area contributed by atoms with Crippen LogP contribution in [0.4, 0.5) is 0 Å². The highest BCUT2D eigenvalue weighted by Crippen LogP contribution is 2.30. The molecule has 0 radical (unpaired) electrons. The zero-order valence-electron chi connectivity index (χ0n) is 22.3. The minimum atomic E-state index is -0.971. The zero-order chi connectivity index (χ0) is 28.1. The van der Waals surface area contributed by atoms with Gasteiger partial charge in [-0.15, -0.1) is 0 Å². The molecule has 0 saturated heterocycles. The summed E-state index contributed by atoms with van der Waals surface area (Å²) in [6.07, 6.45) is 4.92. The van der Waals surface area contributed by atoms with Crippen LogP contribution in [0.1, 0.15) is 70.4 Å². The number of carboxylic acids is 1. The molecular weight excluding hydrogens is 494 g/mol. The highest BCUT2D eigenvalue weighted by Gasteiger charge is 2.31. The summed E-state index contributed by atoms with van der Waals surface area (Å²) in [5, 5.41) is 24.9. The van der Waals surface area contributed by atoms with E-state index in [1.807, 2.05) is 13.8 Å². The van der Waals surface area contributed by atoms with Crippen LogP contribution in [0.3, 0.4) is 0 Å².